The summed E-state index contributed by atoms with van der Waals surface area (Å²) in [6, 6.07) is 10.3. The molecule has 0 atom stereocenters. The molecule has 0 spiro atoms. The summed E-state index contributed by atoms with van der Waals surface area (Å²) in [5.41, 5.74) is 9.77. The Bertz CT molecular complexity index is 999. The molecule has 5 nitrogen and oxygen atoms in total. The van der Waals surface area contributed by atoms with E-state index >= 15 is 0 Å². The van der Waals surface area contributed by atoms with E-state index in [9.17, 15) is 0 Å². The molecule has 3 aromatic rings. The van der Waals surface area contributed by atoms with Crippen molar-refractivity contribution in [2.45, 2.75) is 20.8 Å². The van der Waals surface area contributed by atoms with Gasteiger partial charge in [0.15, 0.2) is 10.3 Å². The number of nitrogens with zero attached hydrogens (tertiary/aromatic N) is 4. The van der Waals surface area contributed by atoms with E-state index in [1.165, 1.54) is 5.69 Å². The molecule has 2 aromatic heterocycles. The Kier molecular flexibility index (Phi) is 4.65. The Labute approximate surface area is 160 Å². The highest BCUT2D eigenvalue weighted by Gasteiger charge is 2.20. The number of hydrazone groups is 1. The van der Waals surface area contributed by atoms with Gasteiger partial charge in [0.1, 0.15) is 0 Å². The molecule has 0 amide bonds. The van der Waals surface area contributed by atoms with Gasteiger partial charge >= 0.3 is 0 Å². The Balaban J connectivity index is 1.61. The van der Waals surface area contributed by atoms with E-state index in [0.29, 0.717) is 0 Å². The van der Waals surface area contributed by atoms with Gasteiger partial charge in [-0.3, -0.25) is 9.99 Å². The maximum Gasteiger partial charge on any atom is 0.193 e. The number of hydrogen-bond donors (Lipinski definition) is 1. The first-order chi connectivity index (χ1) is 12.6. The van der Waals surface area contributed by atoms with Crippen molar-refractivity contribution in [2.75, 3.05) is 5.75 Å². The van der Waals surface area contributed by atoms with Crippen LogP contribution >= 0.6 is 23.1 Å². The van der Waals surface area contributed by atoms with E-state index in [1.807, 2.05) is 29.8 Å². The second-order valence-corrected chi connectivity index (χ2v) is 7.93. The Morgan fingerprint density at radius 1 is 1.19 bits per heavy atom. The number of amidine groups is 1. The highest BCUT2D eigenvalue weighted by molar-refractivity contribution is 8.14. The first-order valence-electron chi connectivity index (χ1n) is 8.32. The van der Waals surface area contributed by atoms with Crippen LogP contribution in [-0.2, 0) is 0 Å². The van der Waals surface area contributed by atoms with E-state index in [1.54, 1.807) is 23.1 Å². The van der Waals surface area contributed by atoms with Gasteiger partial charge in [0.25, 0.3) is 0 Å². The second kappa shape index (κ2) is 7.09. The lowest BCUT2D eigenvalue weighted by Gasteiger charge is -2.15. The van der Waals surface area contributed by atoms with Crippen molar-refractivity contribution < 1.29 is 0 Å². The third kappa shape index (κ3) is 3.20. The molecule has 3 heterocycles. The Morgan fingerprint density at radius 3 is 2.73 bits per heavy atom. The Morgan fingerprint density at radius 2 is 2.04 bits per heavy atom. The van der Waals surface area contributed by atoms with Crippen molar-refractivity contribution in [3.8, 4) is 5.13 Å². The number of nitrogens with one attached hydrogen (secondary N) is 1. The SMILES string of the molecule is Cc1ccccc1N=C1NN=C(c2cc(C)n(-c3nccs3)c2C)CS1. The van der Waals surface area contributed by atoms with Gasteiger partial charge in [-0.05, 0) is 38.5 Å². The van der Waals surface area contributed by atoms with Gasteiger partial charge < -0.3 is 0 Å². The number of aromatic nitrogens is 2. The van der Waals surface area contributed by atoms with Gasteiger partial charge in [-0.15, -0.1) is 11.3 Å². The predicted molar refractivity (Wildman–Crippen MR) is 111 cm³/mol. The molecule has 1 N–H and O–H groups in total. The summed E-state index contributed by atoms with van der Waals surface area (Å²) >= 11 is 3.32. The van der Waals surface area contributed by atoms with Gasteiger partial charge in [0.2, 0.25) is 0 Å². The molecule has 0 aliphatic carbocycles. The predicted octanol–water partition coefficient (Wildman–Crippen LogP) is 4.59. The van der Waals surface area contributed by atoms with Crippen LogP contribution in [0.4, 0.5) is 5.69 Å². The molecule has 0 bridgehead atoms. The fraction of sp³-hybridized carbons (Fsp3) is 0.211. The molecular formula is C19H19N5S2. The number of rotatable bonds is 3. The lowest BCUT2D eigenvalue weighted by atomic mass is 10.1. The second-order valence-electron chi connectivity index (χ2n) is 6.10. The largest absolute Gasteiger partial charge is 0.294 e. The fourth-order valence-corrected chi connectivity index (χ4v) is 4.50. The summed E-state index contributed by atoms with van der Waals surface area (Å²) in [5.74, 6) is 0.792. The monoisotopic (exact) mass is 381 g/mol. The van der Waals surface area contributed by atoms with Crippen LogP contribution in [0.5, 0.6) is 0 Å². The Hall–Kier alpha value is -2.38. The summed E-state index contributed by atoms with van der Waals surface area (Å²) in [6.45, 7) is 6.29. The molecule has 7 heteroatoms. The molecule has 0 unspecified atom stereocenters. The maximum atomic E-state index is 4.68. The van der Waals surface area contributed by atoms with Crippen LogP contribution in [-0.4, -0.2) is 26.2 Å². The average Bonchev–Trinajstić information content (AvgIpc) is 3.25. The minimum absolute atomic E-state index is 0.792. The maximum absolute atomic E-state index is 4.68. The van der Waals surface area contributed by atoms with Crippen molar-refractivity contribution in [3.63, 3.8) is 0 Å². The number of thiazole rings is 1. The molecule has 0 saturated heterocycles. The van der Waals surface area contributed by atoms with Crippen molar-refractivity contribution in [3.05, 3.63) is 64.4 Å². The quantitative estimate of drug-likeness (QED) is 0.722. The molecule has 1 aliphatic rings. The molecule has 1 aromatic carbocycles. The number of hydrogen-bond acceptors (Lipinski definition) is 5. The molecular weight excluding hydrogens is 362 g/mol. The van der Waals surface area contributed by atoms with Crippen molar-refractivity contribution in [1.29, 1.82) is 0 Å². The summed E-state index contributed by atoms with van der Waals surface area (Å²) in [5, 5.41) is 8.41. The minimum Gasteiger partial charge on any atom is -0.294 e. The van der Waals surface area contributed by atoms with E-state index in [0.717, 1.165) is 44.3 Å². The zero-order valence-electron chi connectivity index (χ0n) is 14.9. The van der Waals surface area contributed by atoms with Crippen molar-refractivity contribution >= 4 is 39.7 Å². The molecule has 4 rings (SSSR count). The third-order valence-electron chi connectivity index (χ3n) is 4.32. The van der Waals surface area contributed by atoms with Crippen LogP contribution in [0.2, 0.25) is 0 Å². The highest BCUT2D eigenvalue weighted by atomic mass is 32.2. The summed E-state index contributed by atoms with van der Waals surface area (Å²) in [6.07, 6.45) is 1.84. The fourth-order valence-electron chi connectivity index (χ4n) is 2.99. The van der Waals surface area contributed by atoms with E-state index in [4.69, 9.17) is 0 Å². The smallest absolute Gasteiger partial charge is 0.193 e. The normalized spacial score (nSPS) is 15.8. The van der Waals surface area contributed by atoms with Gasteiger partial charge in [-0.1, -0.05) is 30.0 Å². The van der Waals surface area contributed by atoms with E-state index in [2.05, 4.69) is 58.0 Å². The zero-order valence-corrected chi connectivity index (χ0v) is 16.5. The number of aliphatic imine (C=N–C) groups is 1. The van der Waals surface area contributed by atoms with Crippen molar-refractivity contribution in [1.82, 2.24) is 15.0 Å². The van der Waals surface area contributed by atoms with Crippen LogP contribution in [0.3, 0.4) is 0 Å². The van der Waals surface area contributed by atoms with Gasteiger partial charge in [0.05, 0.1) is 11.4 Å². The van der Waals surface area contributed by atoms with Crippen LogP contribution in [0.1, 0.15) is 22.5 Å². The van der Waals surface area contributed by atoms with E-state index < -0.39 is 0 Å². The van der Waals surface area contributed by atoms with Crippen molar-refractivity contribution in [2.24, 2.45) is 10.1 Å². The molecule has 26 heavy (non-hydrogen) atoms. The molecule has 0 fully saturated rings. The first kappa shape index (κ1) is 17.1. The summed E-state index contributed by atoms with van der Waals surface area (Å²) < 4.78 is 2.18. The van der Waals surface area contributed by atoms with Crippen LogP contribution in [0, 0.1) is 20.8 Å². The van der Waals surface area contributed by atoms with Crippen LogP contribution in [0.25, 0.3) is 5.13 Å². The minimum atomic E-state index is 0.792. The topological polar surface area (TPSA) is 54.6 Å². The third-order valence-corrected chi connectivity index (χ3v) is 5.95. The molecule has 0 saturated carbocycles. The number of aryl methyl sites for hydroxylation is 2. The zero-order chi connectivity index (χ0) is 18.1. The lowest BCUT2D eigenvalue weighted by molar-refractivity contribution is 0.948. The number of benzene rings is 1. The first-order valence-corrected chi connectivity index (χ1v) is 10.2. The van der Waals surface area contributed by atoms with E-state index in [-0.39, 0.29) is 0 Å². The van der Waals surface area contributed by atoms with Crippen LogP contribution in [0.15, 0.2) is 52.0 Å². The average molecular weight is 382 g/mol. The molecule has 1 aliphatic heterocycles. The molecule has 0 radical (unpaired) electrons. The van der Waals surface area contributed by atoms with Gasteiger partial charge in [-0.25, -0.2) is 9.98 Å². The summed E-state index contributed by atoms with van der Waals surface area (Å²) in [7, 11) is 0. The van der Waals surface area contributed by atoms with Gasteiger partial charge in [0, 0.05) is 34.3 Å². The molecule has 132 valence electrons. The number of thioether (sulfide) groups is 1. The van der Waals surface area contributed by atoms with Crippen LogP contribution < -0.4 is 5.43 Å². The lowest BCUT2D eigenvalue weighted by Crippen LogP contribution is -2.25. The highest BCUT2D eigenvalue weighted by Crippen LogP contribution is 2.26. The summed E-state index contributed by atoms with van der Waals surface area (Å²) in [4.78, 5) is 9.11. The number of para-hydroxylation sites is 1. The standard InChI is InChI=1S/C19H19N5S2/c1-12-6-4-5-7-16(12)21-18-23-22-17(11-26-18)15-10-13(2)24(14(15)3)19-20-8-9-25-19/h4-10H,11H2,1-3H3,(H,21,23). The van der Waals surface area contributed by atoms with Gasteiger partial charge in [-0.2, -0.15) is 5.10 Å².